The van der Waals surface area contributed by atoms with E-state index in [9.17, 15) is 12.8 Å². The van der Waals surface area contributed by atoms with Crippen LogP contribution in [0.2, 0.25) is 0 Å². The van der Waals surface area contributed by atoms with Crippen LogP contribution in [0.15, 0.2) is 65.6 Å². The van der Waals surface area contributed by atoms with E-state index in [1.807, 2.05) is 19.1 Å². The molecule has 158 valence electrons. The van der Waals surface area contributed by atoms with E-state index < -0.39 is 10.0 Å². The van der Waals surface area contributed by atoms with Crippen molar-refractivity contribution in [2.75, 3.05) is 10.0 Å². The van der Waals surface area contributed by atoms with E-state index in [4.69, 9.17) is 0 Å². The fourth-order valence-corrected chi connectivity index (χ4v) is 4.48. The molecule has 0 aliphatic heterocycles. The van der Waals surface area contributed by atoms with Crippen LogP contribution < -0.4 is 10.0 Å². The van der Waals surface area contributed by atoms with Gasteiger partial charge in [-0.15, -0.1) is 0 Å². The maximum Gasteiger partial charge on any atom is 0.263 e. The van der Waals surface area contributed by atoms with Gasteiger partial charge in [0.1, 0.15) is 5.82 Å². The molecule has 0 atom stereocenters. The number of nitrogens with one attached hydrogen (secondary N) is 2. The lowest BCUT2D eigenvalue weighted by atomic mass is 10.2. The second kappa shape index (κ2) is 7.96. The third kappa shape index (κ3) is 4.34. The van der Waals surface area contributed by atoms with Crippen molar-refractivity contribution in [3.63, 3.8) is 0 Å². The smallest absolute Gasteiger partial charge is 0.263 e. The molecule has 0 saturated carbocycles. The lowest BCUT2D eigenvalue weighted by molar-refractivity contribution is 0.600. The molecule has 6 nitrogen and oxygen atoms in total. The second-order valence-electron chi connectivity index (χ2n) is 7.37. The molecule has 4 aromatic rings. The number of halogens is 1. The highest BCUT2D eigenvalue weighted by molar-refractivity contribution is 7.92. The number of benzene rings is 3. The highest BCUT2D eigenvalue weighted by atomic mass is 32.2. The number of hydrogen-bond donors (Lipinski definition) is 2. The summed E-state index contributed by atoms with van der Waals surface area (Å²) in [5.41, 5.74) is 3.48. The Labute approximate surface area is 180 Å². The first-order chi connectivity index (χ1) is 14.7. The average Bonchev–Trinajstić information content (AvgIpc) is 2.72. The van der Waals surface area contributed by atoms with E-state index in [1.165, 1.54) is 6.07 Å². The van der Waals surface area contributed by atoms with Crippen molar-refractivity contribution in [3.05, 3.63) is 83.2 Å². The standard InChI is InChI=1S/C23H21FN4O2S/c1-14-8-9-16(3)21(12-14)31(29,30)28-23-22(25-17-11-10-15(2)18(24)13-17)26-19-6-4-5-7-20(19)27-23/h4-13H,1-3H3,(H,25,26)(H,27,28). The number of aromatic nitrogens is 2. The van der Waals surface area contributed by atoms with Gasteiger partial charge in [0.25, 0.3) is 10.0 Å². The van der Waals surface area contributed by atoms with E-state index in [-0.39, 0.29) is 22.3 Å². The molecule has 0 aliphatic carbocycles. The van der Waals surface area contributed by atoms with Crippen molar-refractivity contribution in [3.8, 4) is 0 Å². The van der Waals surface area contributed by atoms with Gasteiger partial charge in [-0.05, 0) is 67.8 Å². The highest BCUT2D eigenvalue weighted by Gasteiger charge is 2.21. The van der Waals surface area contributed by atoms with Gasteiger partial charge in [0, 0.05) is 5.69 Å². The maximum atomic E-state index is 14.0. The molecule has 1 heterocycles. The van der Waals surface area contributed by atoms with Crippen LogP contribution in [-0.2, 0) is 10.0 Å². The van der Waals surface area contributed by atoms with Gasteiger partial charge in [-0.2, -0.15) is 0 Å². The second-order valence-corrected chi connectivity index (χ2v) is 9.02. The van der Waals surface area contributed by atoms with Crippen LogP contribution in [0.5, 0.6) is 0 Å². The summed E-state index contributed by atoms with van der Waals surface area (Å²) in [5.74, 6) is -0.173. The molecule has 0 saturated heterocycles. The van der Waals surface area contributed by atoms with Gasteiger partial charge in [0.15, 0.2) is 11.6 Å². The maximum absolute atomic E-state index is 14.0. The SMILES string of the molecule is Cc1ccc(C)c(S(=O)(=O)Nc2nc3ccccc3nc2Nc2ccc(C)c(F)c2)c1. The van der Waals surface area contributed by atoms with Gasteiger partial charge in [-0.3, -0.25) is 4.72 Å². The summed E-state index contributed by atoms with van der Waals surface area (Å²) >= 11 is 0. The van der Waals surface area contributed by atoms with Gasteiger partial charge in [-0.25, -0.2) is 22.8 Å². The summed E-state index contributed by atoms with van der Waals surface area (Å²) in [4.78, 5) is 9.14. The van der Waals surface area contributed by atoms with Gasteiger partial charge in [-0.1, -0.05) is 30.3 Å². The van der Waals surface area contributed by atoms with E-state index in [2.05, 4.69) is 20.0 Å². The van der Waals surface area contributed by atoms with Crippen molar-refractivity contribution in [1.29, 1.82) is 0 Å². The summed E-state index contributed by atoms with van der Waals surface area (Å²) in [5, 5.41) is 2.99. The largest absolute Gasteiger partial charge is 0.337 e. The van der Waals surface area contributed by atoms with Gasteiger partial charge >= 0.3 is 0 Å². The monoisotopic (exact) mass is 436 g/mol. The zero-order chi connectivity index (χ0) is 22.2. The summed E-state index contributed by atoms with van der Waals surface area (Å²) in [6.45, 7) is 5.22. The minimum absolute atomic E-state index is 0.0283. The zero-order valence-electron chi connectivity index (χ0n) is 17.3. The highest BCUT2D eigenvalue weighted by Crippen LogP contribution is 2.28. The topological polar surface area (TPSA) is 84.0 Å². The van der Waals surface area contributed by atoms with Gasteiger partial charge in [0.2, 0.25) is 0 Å². The number of nitrogens with zero attached hydrogens (tertiary/aromatic N) is 2. The van der Waals surface area contributed by atoms with Crippen molar-refractivity contribution >= 4 is 38.4 Å². The first-order valence-electron chi connectivity index (χ1n) is 9.63. The quantitative estimate of drug-likeness (QED) is 0.447. The molecule has 0 unspecified atom stereocenters. The van der Waals surface area contributed by atoms with Crippen molar-refractivity contribution in [2.45, 2.75) is 25.7 Å². The lowest BCUT2D eigenvalue weighted by Gasteiger charge is -2.15. The Morgan fingerprint density at radius 1 is 0.806 bits per heavy atom. The summed E-state index contributed by atoms with van der Waals surface area (Å²) in [7, 11) is -3.93. The normalized spacial score (nSPS) is 11.5. The Bertz CT molecular complexity index is 1400. The zero-order valence-corrected chi connectivity index (χ0v) is 18.1. The summed E-state index contributed by atoms with van der Waals surface area (Å²) in [6.07, 6.45) is 0. The predicted octanol–water partition coefficient (Wildman–Crippen LogP) is 5.24. The van der Waals surface area contributed by atoms with E-state index in [0.717, 1.165) is 5.56 Å². The lowest BCUT2D eigenvalue weighted by Crippen LogP contribution is -2.17. The predicted molar refractivity (Wildman–Crippen MR) is 121 cm³/mol. The number of fused-ring (bicyclic) bond motifs is 1. The molecule has 4 rings (SSSR count). The van der Waals surface area contributed by atoms with Crippen LogP contribution in [0.25, 0.3) is 11.0 Å². The summed E-state index contributed by atoms with van der Waals surface area (Å²) < 4.78 is 42.9. The van der Waals surface area contributed by atoms with E-state index in [1.54, 1.807) is 56.3 Å². The minimum atomic E-state index is -3.93. The fraction of sp³-hybridized carbons (Fsp3) is 0.130. The third-order valence-corrected chi connectivity index (χ3v) is 6.35. The van der Waals surface area contributed by atoms with Crippen LogP contribution in [0, 0.1) is 26.6 Å². The molecule has 0 radical (unpaired) electrons. The summed E-state index contributed by atoms with van der Waals surface area (Å²) in [6, 6.07) is 17.0. The molecule has 0 aliphatic rings. The van der Waals surface area contributed by atoms with Crippen LogP contribution in [0.3, 0.4) is 0 Å². The number of aryl methyl sites for hydroxylation is 3. The van der Waals surface area contributed by atoms with Crippen molar-refractivity contribution in [1.82, 2.24) is 9.97 Å². The van der Waals surface area contributed by atoms with Crippen molar-refractivity contribution < 1.29 is 12.8 Å². The number of anilines is 3. The van der Waals surface area contributed by atoms with Gasteiger partial charge in [0.05, 0.1) is 15.9 Å². The molecule has 0 amide bonds. The fourth-order valence-electron chi connectivity index (χ4n) is 3.14. The van der Waals surface area contributed by atoms with Crippen LogP contribution in [0.4, 0.5) is 21.7 Å². The average molecular weight is 437 g/mol. The van der Waals surface area contributed by atoms with Crippen LogP contribution in [-0.4, -0.2) is 18.4 Å². The molecule has 8 heteroatoms. The van der Waals surface area contributed by atoms with Crippen molar-refractivity contribution in [2.24, 2.45) is 0 Å². The minimum Gasteiger partial charge on any atom is -0.337 e. The van der Waals surface area contributed by atoms with E-state index in [0.29, 0.717) is 27.8 Å². The Morgan fingerprint density at radius 3 is 2.13 bits per heavy atom. The number of rotatable bonds is 5. The molecular formula is C23H21FN4O2S. The van der Waals surface area contributed by atoms with Crippen LogP contribution in [0.1, 0.15) is 16.7 Å². The number of sulfonamides is 1. The molecule has 31 heavy (non-hydrogen) atoms. The van der Waals surface area contributed by atoms with Gasteiger partial charge < -0.3 is 5.32 Å². The Morgan fingerprint density at radius 2 is 1.45 bits per heavy atom. The molecule has 3 aromatic carbocycles. The Kier molecular flexibility index (Phi) is 5.32. The number of hydrogen-bond acceptors (Lipinski definition) is 5. The third-order valence-electron chi connectivity index (χ3n) is 4.87. The molecule has 1 aromatic heterocycles. The first kappa shape index (κ1) is 20.7. The molecule has 0 fully saturated rings. The van der Waals surface area contributed by atoms with E-state index >= 15 is 0 Å². The first-order valence-corrected chi connectivity index (χ1v) is 11.1. The Hall–Kier alpha value is -3.52. The van der Waals surface area contributed by atoms with Crippen LogP contribution >= 0.6 is 0 Å². The molecule has 0 spiro atoms. The molecular weight excluding hydrogens is 415 g/mol. The molecule has 2 N–H and O–H groups in total. The molecule has 0 bridgehead atoms. The Balaban J connectivity index is 1.81. The number of para-hydroxylation sites is 2.